The molecule has 3 aromatic rings. The normalized spacial score (nSPS) is 9.78. The van der Waals surface area contributed by atoms with Crippen LogP contribution in [0.3, 0.4) is 0 Å². The summed E-state index contributed by atoms with van der Waals surface area (Å²) in [7, 11) is 0. The fraction of sp³-hybridized carbons (Fsp3) is 0. The Morgan fingerprint density at radius 1 is 0.889 bits per heavy atom. The molecule has 94 valence electrons. The van der Waals surface area contributed by atoms with Crippen LogP contribution in [0.1, 0.15) is 0 Å². The molecule has 0 aliphatic heterocycles. The lowest BCUT2D eigenvalue weighted by molar-refractivity contribution is 0.478. The summed E-state index contributed by atoms with van der Waals surface area (Å²) < 4.78 is 0. The Morgan fingerprint density at radius 3 is 1.94 bits per heavy atom. The topological polar surface area (TPSA) is 104 Å². The molecule has 0 atom stereocenters. The highest BCUT2D eigenvalue weighted by Gasteiger charge is 2.04. The lowest BCUT2D eigenvalue weighted by Gasteiger charge is -2.03. The second-order valence-corrected chi connectivity index (χ2v) is 3.61. The van der Waals surface area contributed by atoms with E-state index in [0.717, 1.165) is 11.0 Å². The van der Waals surface area contributed by atoms with Crippen molar-refractivity contribution in [2.45, 2.75) is 0 Å². The number of aromatic nitrogens is 2. The van der Waals surface area contributed by atoms with Gasteiger partial charge in [0, 0.05) is 6.07 Å². The number of hydrogen-bond acceptors (Lipinski definition) is 4. The minimum Gasteiger partial charge on any atom is -0.506 e. The number of para-hydroxylation sites is 2. The van der Waals surface area contributed by atoms with Crippen molar-refractivity contribution in [1.82, 2.24) is 9.97 Å². The average Bonchev–Trinajstić information content (AvgIpc) is 2.28. The molecular formula is C12H12ClN3O2. The first kappa shape index (κ1) is 14.0. The van der Waals surface area contributed by atoms with Crippen molar-refractivity contribution >= 4 is 40.2 Å². The van der Waals surface area contributed by atoms with Gasteiger partial charge in [-0.15, -0.1) is 12.4 Å². The number of phenolic OH excluding ortho intramolecular Hbond substituents is 1. The summed E-state index contributed by atoms with van der Waals surface area (Å²) in [6, 6.07) is 10.8. The van der Waals surface area contributed by atoms with Gasteiger partial charge in [-0.05, 0) is 18.2 Å². The number of nitrogen functional groups attached to an aromatic ring is 1. The maximum Gasteiger partial charge on any atom is 0.140 e. The molecule has 0 aliphatic carbocycles. The molecular weight excluding hydrogens is 254 g/mol. The third-order valence-electron chi connectivity index (χ3n) is 2.49. The summed E-state index contributed by atoms with van der Waals surface area (Å²) >= 11 is 0. The number of anilines is 1. The largest absolute Gasteiger partial charge is 0.506 e. The molecule has 2 aromatic carbocycles. The summed E-state index contributed by atoms with van der Waals surface area (Å²) in [5, 5.41) is 9.50. The van der Waals surface area contributed by atoms with Gasteiger partial charge in [0.1, 0.15) is 5.75 Å². The van der Waals surface area contributed by atoms with Gasteiger partial charge in [0.25, 0.3) is 0 Å². The summed E-state index contributed by atoms with van der Waals surface area (Å²) in [6.45, 7) is 0. The van der Waals surface area contributed by atoms with E-state index in [2.05, 4.69) is 9.97 Å². The van der Waals surface area contributed by atoms with E-state index in [1.54, 1.807) is 6.07 Å². The van der Waals surface area contributed by atoms with Gasteiger partial charge in [-0.2, -0.15) is 0 Å². The van der Waals surface area contributed by atoms with Crippen LogP contribution >= 0.6 is 12.4 Å². The van der Waals surface area contributed by atoms with Crippen molar-refractivity contribution in [3.8, 4) is 5.75 Å². The SMILES string of the molecule is Cl.Nc1cc2nc3ccccc3nc2cc1O.O. The second kappa shape index (κ2) is 5.03. The van der Waals surface area contributed by atoms with E-state index in [0.29, 0.717) is 16.7 Å². The number of phenols is 1. The molecule has 0 fully saturated rings. The van der Waals surface area contributed by atoms with Crippen LogP contribution in [0.25, 0.3) is 22.1 Å². The van der Waals surface area contributed by atoms with Gasteiger partial charge in [0.05, 0.1) is 27.8 Å². The van der Waals surface area contributed by atoms with Crippen LogP contribution in [0.5, 0.6) is 5.75 Å². The van der Waals surface area contributed by atoms with Gasteiger partial charge in [0.15, 0.2) is 0 Å². The summed E-state index contributed by atoms with van der Waals surface area (Å²) in [4.78, 5) is 8.83. The molecule has 1 aromatic heterocycles. The third kappa shape index (κ3) is 2.13. The Balaban J connectivity index is 0.000000810. The molecule has 0 unspecified atom stereocenters. The van der Waals surface area contributed by atoms with Gasteiger partial charge < -0.3 is 16.3 Å². The number of aromatic hydroxyl groups is 1. The molecule has 0 aliphatic rings. The lowest BCUT2D eigenvalue weighted by atomic mass is 10.2. The first-order valence-electron chi connectivity index (χ1n) is 4.89. The highest BCUT2D eigenvalue weighted by Crippen LogP contribution is 2.25. The average molecular weight is 266 g/mol. The third-order valence-corrected chi connectivity index (χ3v) is 2.49. The first-order valence-corrected chi connectivity index (χ1v) is 4.89. The minimum absolute atomic E-state index is 0. The Kier molecular flexibility index (Phi) is 3.90. The molecule has 0 saturated heterocycles. The maximum atomic E-state index is 9.50. The predicted molar refractivity (Wildman–Crippen MR) is 74.0 cm³/mol. The molecule has 0 amide bonds. The van der Waals surface area contributed by atoms with E-state index in [-0.39, 0.29) is 23.6 Å². The van der Waals surface area contributed by atoms with Gasteiger partial charge in [-0.1, -0.05) is 12.1 Å². The molecule has 0 bridgehead atoms. The zero-order chi connectivity index (χ0) is 11.1. The fourth-order valence-electron chi connectivity index (χ4n) is 1.67. The van der Waals surface area contributed by atoms with E-state index in [1.807, 2.05) is 24.3 Å². The summed E-state index contributed by atoms with van der Waals surface area (Å²) in [5.74, 6) is 0.0390. The Labute approximate surface area is 109 Å². The van der Waals surface area contributed by atoms with Gasteiger partial charge in [-0.3, -0.25) is 0 Å². The van der Waals surface area contributed by atoms with E-state index >= 15 is 0 Å². The van der Waals surface area contributed by atoms with Crippen molar-refractivity contribution in [1.29, 1.82) is 0 Å². The van der Waals surface area contributed by atoms with Gasteiger partial charge in [-0.25, -0.2) is 9.97 Å². The number of hydrogen-bond donors (Lipinski definition) is 2. The molecule has 0 saturated carbocycles. The number of nitrogens with two attached hydrogens (primary N) is 1. The summed E-state index contributed by atoms with van der Waals surface area (Å²) in [5.41, 5.74) is 8.89. The van der Waals surface area contributed by atoms with Crippen molar-refractivity contribution < 1.29 is 10.6 Å². The molecule has 5 nitrogen and oxygen atoms in total. The zero-order valence-electron chi connectivity index (χ0n) is 9.29. The van der Waals surface area contributed by atoms with Crippen LogP contribution in [0.2, 0.25) is 0 Å². The van der Waals surface area contributed by atoms with Crippen LogP contribution in [-0.2, 0) is 0 Å². The van der Waals surface area contributed by atoms with Crippen LogP contribution in [0, 0.1) is 0 Å². The molecule has 5 N–H and O–H groups in total. The smallest absolute Gasteiger partial charge is 0.140 e. The monoisotopic (exact) mass is 265 g/mol. The van der Waals surface area contributed by atoms with E-state index in [9.17, 15) is 5.11 Å². The van der Waals surface area contributed by atoms with Crippen LogP contribution < -0.4 is 5.73 Å². The Hall–Kier alpha value is -2.11. The number of rotatable bonds is 0. The summed E-state index contributed by atoms with van der Waals surface area (Å²) in [6.07, 6.45) is 0. The zero-order valence-corrected chi connectivity index (χ0v) is 10.1. The van der Waals surface area contributed by atoms with Crippen LogP contribution in [0.4, 0.5) is 5.69 Å². The van der Waals surface area contributed by atoms with Crippen LogP contribution in [-0.4, -0.2) is 20.6 Å². The number of fused-ring (bicyclic) bond motifs is 2. The van der Waals surface area contributed by atoms with Gasteiger partial charge in [0.2, 0.25) is 0 Å². The fourth-order valence-corrected chi connectivity index (χ4v) is 1.67. The van der Waals surface area contributed by atoms with Crippen LogP contribution in [0.15, 0.2) is 36.4 Å². The maximum absolute atomic E-state index is 9.50. The minimum atomic E-state index is 0. The number of halogens is 1. The molecule has 6 heteroatoms. The van der Waals surface area contributed by atoms with Crippen molar-refractivity contribution in [2.24, 2.45) is 0 Å². The Bertz CT molecular complexity index is 643. The predicted octanol–water partition coefficient (Wildman–Crippen LogP) is 1.67. The van der Waals surface area contributed by atoms with E-state index in [4.69, 9.17) is 5.73 Å². The molecule has 0 radical (unpaired) electrons. The Morgan fingerprint density at radius 2 is 1.39 bits per heavy atom. The molecule has 0 spiro atoms. The lowest BCUT2D eigenvalue weighted by Crippen LogP contribution is -1.90. The van der Waals surface area contributed by atoms with E-state index < -0.39 is 0 Å². The first-order chi connectivity index (χ1) is 7.74. The second-order valence-electron chi connectivity index (χ2n) is 3.61. The number of benzene rings is 2. The van der Waals surface area contributed by atoms with Gasteiger partial charge >= 0.3 is 0 Å². The van der Waals surface area contributed by atoms with Crippen molar-refractivity contribution in [3.63, 3.8) is 0 Å². The molecule has 3 rings (SSSR count). The van der Waals surface area contributed by atoms with Crippen molar-refractivity contribution in [2.75, 3.05) is 5.73 Å². The standard InChI is InChI=1S/C12H9N3O.ClH.H2O/c13-7-5-10-11(6-12(7)16)15-9-4-2-1-3-8(9)14-10;;/h1-6,16H,13H2;1H;1H2. The molecule has 18 heavy (non-hydrogen) atoms. The quantitative estimate of drug-likeness (QED) is 0.366. The highest BCUT2D eigenvalue weighted by molar-refractivity contribution is 5.89. The highest BCUT2D eigenvalue weighted by atomic mass is 35.5. The number of nitrogens with zero attached hydrogens (tertiary/aromatic N) is 2. The van der Waals surface area contributed by atoms with Crippen molar-refractivity contribution in [3.05, 3.63) is 36.4 Å². The van der Waals surface area contributed by atoms with E-state index in [1.165, 1.54) is 6.07 Å². The molecule has 1 heterocycles.